The van der Waals surface area contributed by atoms with Gasteiger partial charge in [-0.1, -0.05) is 36.4 Å². The lowest BCUT2D eigenvalue weighted by molar-refractivity contribution is 0.219. The molecule has 0 aliphatic carbocycles. The minimum absolute atomic E-state index is 0.189. The number of H-pyrrole nitrogens is 1. The van der Waals surface area contributed by atoms with Crippen molar-refractivity contribution in [2.45, 2.75) is 35.6 Å². The molecule has 124 valence electrons. The van der Waals surface area contributed by atoms with E-state index >= 15 is 0 Å². The van der Waals surface area contributed by atoms with Gasteiger partial charge in [-0.05, 0) is 55.8 Å². The van der Waals surface area contributed by atoms with Gasteiger partial charge in [0.1, 0.15) is 5.82 Å². The number of halogens is 1. The van der Waals surface area contributed by atoms with Crippen LogP contribution >= 0.6 is 11.8 Å². The predicted molar refractivity (Wildman–Crippen MR) is 97.9 cm³/mol. The SMILES string of the molecule is Fc1ccc2[nH]cc(Sc3ccccc3CN3CCCCC3)c2c1. The molecule has 0 saturated carbocycles. The first kappa shape index (κ1) is 15.7. The van der Waals surface area contributed by atoms with E-state index in [1.807, 2.05) is 6.20 Å². The van der Waals surface area contributed by atoms with Gasteiger partial charge in [-0.25, -0.2) is 4.39 Å². The summed E-state index contributed by atoms with van der Waals surface area (Å²) in [5.41, 5.74) is 2.34. The molecule has 2 nitrogen and oxygen atoms in total. The van der Waals surface area contributed by atoms with Crippen LogP contribution in [-0.2, 0) is 6.54 Å². The van der Waals surface area contributed by atoms with Gasteiger partial charge >= 0.3 is 0 Å². The maximum Gasteiger partial charge on any atom is 0.123 e. The van der Waals surface area contributed by atoms with Gasteiger partial charge in [0.25, 0.3) is 0 Å². The highest BCUT2D eigenvalue weighted by Gasteiger charge is 2.14. The molecular weight excluding hydrogens is 319 g/mol. The van der Waals surface area contributed by atoms with Gasteiger partial charge in [-0.2, -0.15) is 0 Å². The van der Waals surface area contributed by atoms with Crippen molar-refractivity contribution in [2.24, 2.45) is 0 Å². The van der Waals surface area contributed by atoms with E-state index in [1.165, 1.54) is 48.9 Å². The number of rotatable bonds is 4. The predicted octanol–water partition coefficient (Wildman–Crippen LogP) is 5.44. The van der Waals surface area contributed by atoms with Gasteiger partial charge in [0.05, 0.1) is 0 Å². The van der Waals surface area contributed by atoms with Gasteiger partial charge in [0.2, 0.25) is 0 Å². The fraction of sp³-hybridized carbons (Fsp3) is 0.300. The molecule has 24 heavy (non-hydrogen) atoms. The second-order valence-electron chi connectivity index (χ2n) is 6.39. The molecule has 0 atom stereocenters. The molecule has 0 spiro atoms. The maximum atomic E-state index is 13.6. The largest absolute Gasteiger partial charge is 0.360 e. The van der Waals surface area contributed by atoms with Gasteiger partial charge in [-0.15, -0.1) is 0 Å². The number of nitrogens with zero attached hydrogens (tertiary/aromatic N) is 1. The van der Waals surface area contributed by atoms with Crippen LogP contribution in [0.25, 0.3) is 10.9 Å². The summed E-state index contributed by atoms with van der Waals surface area (Å²) in [6.07, 6.45) is 5.94. The minimum Gasteiger partial charge on any atom is -0.360 e. The summed E-state index contributed by atoms with van der Waals surface area (Å²) in [6, 6.07) is 13.5. The maximum absolute atomic E-state index is 13.6. The van der Waals surface area contributed by atoms with Crippen LogP contribution in [0.2, 0.25) is 0 Å². The molecule has 3 aromatic rings. The molecule has 0 unspecified atom stereocenters. The van der Waals surface area contributed by atoms with Crippen LogP contribution in [0.4, 0.5) is 4.39 Å². The van der Waals surface area contributed by atoms with E-state index in [9.17, 15) is 4.39 Å². The number of nitrogens with one attached hydrogen (secondary N) is 1. The van der Waals surface area contributed by atoms with Crippen molar-refractivity contribution in [3.05, 3.63) is 60.0 Å². The summed E-state index contributed by atoms with van der Waals surface area (Å²) in [5.74, 6) is -0.189. The van der Waals surface area contributed by atoms with E-state index in [2.05, 4.69) is 34.1 Å². The van der Waals surface area contributed by atoms with E-state index in [0.717, 1.165) is 22.3 Å². The average molecular weight is 340 g/mol. The second-order valence-corrected chi connectivity index (χ2v) is 7.47. The summed E-state index contributed by atoms with van der Waals surface area (Å²) in [7, 11) is 0. The van der Waals surface area contributed by atoms with Crippen LogP contribution in [0.1, 0.15) is 24.8 Å². The quantitative estimate of drug-likeness (QED) is 0.681. The highest BCUT2D eigenvalue weighted by atomic mass is 32.2. The number of hydrogen-bond acceptors (Lipinski definition) is 2. The van der Waals surface area contributed by atoms with E-state index in [-0.39, 0.29) is 5.82 Å². The molecule has 4 rings (SSSR count). The van der Waals surface area contributed by atoms with Gasteiger partial charge < -0.3 is 4.98 Å². The zero-order valence-corrected chi connectivity index (χ0v) is 14.4. The summed E-state index contributed by atoms with van der Waals surface area (Å²) in [6.45, 7) is 3.38. The Bertz CT molecular complexity index is 837. The van der Waals surface area contributed by atoms with E-state index in [1.54, 1.807) is 23.9 Å². The number of benzene rings is 2. The minimum atomic E-state index is -0.189. The van der Waals surface area contributed by atoms with Crippen LogP contribution < -0.4 is 0 Å². The topological polar surface area (TPSA) is 19.0 Å². The van der Waals surface area contributed by atoms with Crippen LogP contribution in [0.3, 0.4) is 0 Å². The normalized spacial score (nSPS) is 15.9. The average Bonchev–Trinajstić information content (AvgIpc) is 3.00. The summed E-state index contributed by atoms with van der Waals surface area (Å²) < 4.78 is 13.6. The molecule has 1 aliphatic heterocycles. The number of hydrogen-bond donors (Lipinski definition) is 1. The monoisotopic (exact) mass is 340 g/mol. The Balaban J connectivity index is 1.60. The first-order valence-corrected chi connectivity index (χ1v) is 9.36. The molecule has 0 bridgehead atoms. The standard InChI is InChI=1S/C20H21FN2S/c21-16-8-9-18-17(12-16)20(13-22-18)24-19-7-3-2-6-15(19)14-23-10-4-1-5-11-23/h2-3,6-9,12-13,22H,1,4-5,10-11,14H2. The van der Waals surface area contributed by atoms with Crippen molar-refractivity contribution in [3.63, 3.8) is 0 Å². The van der Waals surface area contributed by atoms with Crippen LogP contribution in [-0.4, -0.2) is 23.0 Å². The molecule has 1 saturated heterocycles. The first-order valence-electron chi connectivity index (χ1n) is 8.54. The zero-order valence-electron chi connectivity index (χ0n) is 13.6. The van der Waals surface area contributed by atoms with Crippen molar-refractivity contribution in [3.8, 4) is 0 Å². The van der Waals surface area contributed by atoms with E-state index < -0.39 is 0 Å². The molecule has 1 aromatic heterocycles. The zero-order chi connectivity index (χ0) is 16.4. The Kier molecular flexibility index (Phi) is 4.58. The lowest BCUT2D eigenvalue weighted by Crippen LogP contribution is -2.29. The Morgan fingerprint density at radius 3 is 2.71 bits per heavy atom. The fourth-order valence-electron chi connectivity index (χ4n) is 3.36. The Morgan fingerprint density at radius 2 is 1.83 bits per heavy atom. The van der Waals surface area contributed by atoms with Crippen molar-refractivity contribution >= 4 is 22.7 Å². The highest BCUT2D eigenvalue weighted by Crippen LogP contribution is 2.36. The van der Waals surface area contributed by atoms with E-state index in [0.29, 0.717) is 0 Å². The molecule has 2 heterocycles. The van der Waals surface area contributed by atoms with Gasteiger partial charge in [-0.3, -0.25) is 4.90 Å². The second kappa shape index (κ2) is 6.99. The molecule has 1 aliphatic rings. The molecule has 1 fully saturated rings. The number of aromatic amines is 1. The van der Waals surface area contributed by atoms with Crippen molar-refractivity contribution < 1.29 is 4.39 Å². The molecule has 0 amide bonds. The molecule has 2 aromatic carbocycles. The Morgan fingerprint density at radius 1 is 1.00 bits per heavy atom. The van der Waals surface area contributed by atoms with Crippen LogP contribution in [0.15, 0.2) is 58.5 Å². The van der Waals surface area contributed by atoms with Crippen molar-refractivity contribution in [1.82, 2.24) is 9.88 Å². The summed E-state index contributed by atoms with van der Waals surface area (Å²) in [5, 5.41) is 0.952. The summed E-state index contributed by atoms with van der Waals surface area (Å²) >= 11 is 1.72. The van der Waals surface area contributed by atoms with Crippen molar-refractivity contribution in [1.29, 1.82) is 0 Å². The number of piperidine rings is 1. The van der Waals surface area contributed by atoms with Crippen molar-refractivity contribution in [2.75, 3.05) is 13.1 Å². The summed E-state index contributed by atoms with van der Waals surface area (Å²) in [4.78, 5) is 8.11. The third-order valence-electron chi connectivity index (χ3n) is 4.64. The Labute approximate surface area is 146 Å². The highest BCUT2D eigenvalue weighted by molar-refractivity contribution is 7.99. The van der Waals surface area contributed by atoms with E-state index in [4.69, 9.17) is 0 Å². The van der Waals surface area contributed by atoms with Gasteiger partial charge in [0, 0.05) is 33.4 Å². The lowest BCUT2D eigenvalue weighted by atomic mass is 10.1. The number of aromatic nitrogens is 1. The molecule has 1 N–H and O–H groups in total. The molecule has 0 radical (unpaired) electrons. The number of fused-ring (bicyclic) bond motifs is 1. The van der Waals surface area contributed by atoms with Crippen LogP contribution in [0.5, 0.6) is 0 Å². The lowest BCUT2D eigenvalue weighted by Gasteiger charge is -2.27. The van der Waals surface area contributed by atoms with Gasteiger partial charge in [0.15, 0.2) is 0 Å². The smallest absolute Gasteiger partial charge is 0.123 e. The van der Waals surface area contributed by atoms with Crippen LogP contribution in [0, 0.1) is 5.82 Å². The Hall–Kier alpha value is -1.78. The third kappa shape index (κ3) is 3.35. The number of likely N-dealkylation sites (tertiary alicyclic amines) is 1. The first-order chi connectivity index (χ1) is 11.8. The molecule has 4 heteroatoms. The third-order valence-corrected chi connectivity index (χ3v) is 5.82. The fourth-order valence-corrected chi connectivity index (χ4v) is 4.41. The molecular formula is C20H21FN2S.